The zero-order valence-electron chi connectivity index (χ0n) is 20.2. The molecule has 0 atom stereocenters. The molecule has 2 aromatic heterocycles. The van der Waals surface area contributed by atoms with E-state index in [1.165, 1.54) is 17.4 Å². The maximum Gasteiger partial charge on any atom is 0.320 e. The van der Waals surface area contributed by atoms with Crippen LogP contribution in [-0.2, 0) is 0 Å². The van der Waals surface area contributed by atoms with Gasteiger partial charge in [0.2, 0.25) is 0 Å². The van der Waals surface area contributed by atoms with Crippen molar-refractivity contribution < 1.29 is 14.0 Å². The van der Waals surface area contributed by atoms with Gasteiger partial charge in [0.1, 0.15) is 17.3 Å². The van der Waals surface area contributed by atoms with Gasteiger partial charge in [-0.05, 0) is 49.6 Å². The summed E-state index contributed by atoms with van der Waals surface area (Å²) in [5.74, 6) is 0.273. The first kappa shape index (κ1) is 24.2. The number of hydrogen-bond donors (Lipinski definition) is 1. The van der Waals surface area contributed by atoms with Crippen LogP contribution in [0.15, 0.2) is 48.0 Å². The van der Waals surface area contributed by atoms with Gasteiger partial charge in [0.05, 0.1) is 10.7 Å². The van der Waals surface area contributed by atoms with E-state index in [0.29, 0.717) is 31.9 Å². The molecule has 0 radical (unpaired) electrons. The van der Waals surface area contributed by atoms with Crippen LogP contribution in [0.5, 0.6) is 0 Å². The van der Waals surface area contributed by atoms with Crippen molar-refractivity contribution in [2.24, 2.45) is 0 Å². The number of halogens is 1. The summed E-state index contributed by atoms with van der Waals surface area (Å²) in [6.07, 6.45) is 3.40. The zero-order chi connectivity index (χ0) is 25.1. The number of hydrogen-bond acceptors (Lipinski definition) is 6. The van der Waals surface area contributed by atoms with Gasteiger partial charge < -0.3 is 20.0 Å². The number of nitrogens with one attached hydrogen (secondary N) is 1. The molecule has 2 aliphatic rings. The molecule has 10 heteroatoms. The third-order valence-electron chi connectivity index (χ3n) is 6.77. The highest BCUT2D eigenvalue weighted by molar-refractivity contribution is 7.10. The molecule has 2 saturated heterocycles. The Balaban J connectivity index is 1.11. The first-order chi connectivity index (χ1) is 17.5. The van der Waals surface area contributed by atoms with Crippen LogP contribution in [0, 0.1) is 12.7 Å². The normalized spacial score (nSPS) is 16.8. The second kappa shape index (κ2) is 10.6. The van der Waals surface area contributed by atoms with Crippen molar-refractivity contribution in [3.63, 3.8) is 0 Å². The Bertz CT molecular complexity index is 1220. The molecule has 2 fully saturated rings. The molecule has 8 nitrogen and oxygen atoms in total. The number of rotatable bonds is 4. The molecule has 0 aliphatic carbocycles. The number of piperazine rings is 1. The monoisotopic (exact) mass is 508 g/mol. The Kier molecular flexibility index (Phi) is 7.13. The molecule has 0 bridgehead atoms. The van der Waals surface area contributed by atoms with Gasteiger partial charge in [0, 0.05) is 56.8 Å². The minimum atomic E-state index is -0.464. The highest BCUT2D eigenvalue weighted by Gasteiger charge is 2.30. The summed E-state index contributed by atoms with van der Waals surface area (Å²) in [6.45, 7) is 6.04. The summed E-state index contributed by atoms with van der Waals surface area (Å²) in [5.41, 5.74) is 1.23. The molecule has 188 valence electrons. The lowest BCUT2D eigenvalue weighted by Crippen LogP contribution is -2.54. The van der Waals surface area contributed by atoms with Crippen molar-refractivity contribution in [1.82, 2.24) is 19.8 Å². The van der Waals surface area contributed by atoms with Crippen molar-refractivity contribution >= 4 is 34.8 Å². The highest BCUT2D eigenvalue weighted by atomic mass is 32.1. The molecule has 1 aromatic carbocycles. The zero-order valence-corrected chi connectivity index (χ0v) is 21.0. The van der Waals surface area contributed by atoms with E-state index in [4.69, 9.17) is 0 Å². The number of urea groups is 1. The maximum absolute atomic E-state index is 14.1. The molecule has 5 rings (SSSR count). The van der Waals surface area contributed by atoms with E-state index >= 15 is 0 Å². The molecule has 2 aliphatic heterocycles. The van der Waals surface area contributed by atoms with Gasteiger partial charge in [-0.2, -0.15) is 0 Å². The standard InChI is InChI=1S/C26H29FN6O2S/c1-18-5-6-21(20(27)16-18)29-24(34)22-17-36-25(30-22)19-7-10-32(11-8-19)26(35)33-14-12-31(13-15-33)23-4-2-3-9-28-23/h2-6,9,16-17,19H,7-8,10-15H2,1H3,(H,29,34). The summed E-state index contributed by atoms with van der Waals surface area (Å²) in [7, 11) is 0. The number of likely N-dealkylation sites (tertiary alicyclic amines) is 1. The van der Waals surface area contributed by atoms with Crippen LogP contribution < -0.4 is 10.2 Å². The van der Waals surface area contributed by atoms with E-state index in [1.54, 1.807) is 30.6 Å². The summed E-state index contributed by atoms with van der Waals surface area (Å²) in [5, 5.41) is 5.21. The van der Waals surface area contributed by atoms with E-state index < -0.39 is 11.7 Å². The minimum absolute atomic E-state index is 0.0912. The van der Waals surface area contributed by atoms with Crippen molar-refractivity contribution in [2.75, 3.05) is 49.5 Å². The fraction of sp³-hybridized carbons (Fsp3) is 0.385. The number of aryl methyl sites for hydroxylation is 1. The predicted molar refractivity (Wildman–Crippen MR) is 138 cm³/mol. The number of carbonyl (C=O) groups is 2. The SMILES string of the molecule is Cc1ccc(NC(=O)c2csc(C3CCN(C(=O)N4CCN(c5ccccn5)CC4)CC3)n2)c(F)c1. The summed E-state index contributed by atoms with van der Waals surface area (Å²) in [6, 6.07) is 10.7. The molecule has 0 unspecified atom stereocenters. The highest BCUT2D eigenvalue weighted by Crippen LogP contribution is 2.31. The molecule has 1 N–H and O–H groups in total. The average molecular weight is 509 g/mol. The lowest BCUT2D eigenvalue weighted by atomic mass is 9.98. The van der Waals surface area contributed by atoms with Gasteiger partial charge >= 0.3 is 6.03 Å². The Labute approximate surface area is 213 Å². The van der Waals surface area contributed by atoms with Crippen LogP contribution in [0.3, 0.4) is 0 Å². The van der Waals surface area contributed by atoms with E-state index in [9.17, 15) is 14.0 Å². The van der Waals surface area contributed by atoms with Crippen molar-refractivity contribution in [3.05, 3.63) is 70.1 Å². The van der Waals surface area contributed by atoms with Crippen molar-refractivity contribution in [1.29, 1.82) is 0 Å². The number of aromatic nitrogens is 2. The first-order valence-corrected chi connectivity index (χ1v) is 13.1. The van der Waals surface area contributed by atoms with Gasteiger partial charge in [0.25, 0.3) is 5.91 Å². The fourth-order valence-electron chi connectivity index (χ4n) is 4.67. The average Bonchev–Trinajstić information content (AvgIpc) is 3.41. The molecule has 0 spiro atoms. The maximum atomic E-state index is 14.1. The minimum Gasteiger partial charge on any atom is -0.353 e. The molecular formula is C26H29FN6O2S. The van der Waals surface area contributed by atoms with E-state index in [2.05, 4.69) is 20.2 Å². The van der Waals surface area contributed by atoms with Gasteiger partial charge in [-0.15, -0.1) is 11.3 Å². The number of carbonyl (C=O) groups excluding carboxylic acids is 2. The van der Waals surface area contributed by atoms with Crippen molar-refractivity contribution in [3.8, 4) is 0 Å². The van der Waals surface area contributed by atoms with Gasteiger partial charge in [-0.25, -0.2) is 19.2 Å². The van der Waals surface area contributed by atoms with Crippen LogP contribution in [0.25, 0.3) is 0 Å². The van der Waals surface area contributed by atoms with Gasteiger partial charge in [-0.3, -0.25) is 4.79 Å². The van der Waals surface area contributed by atoms with Crippen LogP contribution in [0.1, 0.15) is 39.8 Å². The van der Waals surface area contributed by atoms with E-state index in [0.717, 1.165) is 42.3 Å². The topological polar surface area (TPSA) is 81.7 Å². The summed E-state index contributed by atoms with van der Waals surface area (Å²) in [4.78, 5) is 40.7. The second-order valence-corrected chi connectivity index (χ2v) is 10.1. The number of anilines is 2. The van der Waals surface area contributed by atoms with Crippen LogP contribution >= 0.6 is 11.3 Å². The largest absolute Gasteiger partial charge is 0.353 e. The molecule has 3 amide bonds. The first-order valence-electron chi connectivity index (χ1n) is 12.2. The fourth-order valence-corrected chi connectivity index (χ4v) is 5.64. The number of benzene rings is 1. The number of amides is 3. The number of pyridine rings is 1. The third-order valence-corrected chi connectivity index (χ3v) is 7.77. The van der Waals surface area contributed by atoms with Crippen molar-refractivity contribution in [2.45, 2.75) is 25.7 Å². The second-order valence-electron chi connectivity index (χ2n) is 9.21. The predicted octanol–water partition coefficient (Wildman–Crippen LogP) is 4.36. The smallest absolute Gasteiger partial charge is 0.320 e. The number of piperidine rings is 1. The molecule has 3 aromatic rings. The molecule has 36 heavy (non-hydrogen) atoms. The van der Waals surface area contributed by atoms with Crippen LogP contribution in [0.4, 0.5) is 20.7 Å². The number of nitrogens with zero attached hydrogens (tertiary/aromatic N) is 5. The Morgan fingerprint density at radius 2 is 1.78 bits per heavy atom. The summed E-state index contributed by atoms with van der Waals surface area (Å²) < 4.78 is 14.1. The summed E-state index contributed by atoms with van der Waals surface area (Å²) >= 11 is 1.45. The van der Waals surface area contributed by atoms with Crippen LogP contribution in [0.2, 0.25) is 0 Å². The molecular weight excluding hydrogens is 479 g/mol. The van der Waals surface area contributed by atoms with Gasteiger partial charge in [-0.1, -0.05) is 12.1 Å². The van der Waals surface area contributed by atoms with E-state index in [1.807, 2.05) is 28.0 Å². The quantitative estimate of drug-likeness (QED) is 0.566. The van der Waals surface area contributed by atoms with Crippen LogP contribution in [-0.4, -0.2) is 71.0 Å². The van der Waals surface area contributed by atoms with Gasteiger partial charge in [0.15, 0.2) is 0 Å². The third kappa shape index (κ3) is 5.33. The molecule has 4 heterocycles. The Morgan fingerprint density at radius 3 is 2.47 bits per heavy atom. The van der Waals surface area contributed by atoms with E-state index in [-0.39, 0.29) is 17.6 Å². The number of thiazole rings is 1. The Morgan fingerprint density at radius 1 is 1.03 bits per heavy atom. The molecule has 0 saturated carbocycles. The lowest BCUT2D eigenvalue weighted by Gasteiger charge is -2.39. The Hall–Kier alpha value is -3.53. The lowest BCUT2D eigenvalue weighted by molar-refractivity contribution is 0.102.